The molecular weight excluding hydrogens is 381 g/mol. The summed E-state index contributed by atoms with van der Waals surface area (Å²) in [5.74, 6) is -0.326. The highest BCUT2D eigenvalue weighted by Crippen LogP contribution is 2.25. The molecule has 0 fully saturated rings. The summed E-state index contributed by atoms with van der Waals surface area (Å²) in [6.07, 6.45) is 11.7. The van der Waals surface area contributed by atoms with Gasteiger partial charge in [-0.2, -0.15) is 4.39 Å². The number of nitrogens with zero attached hydrogens (tertiary/aromatic N) is 1. The number of rotatable bonds is 12. The van der Waals surface area contributed by atoms with E-state index in [4.69, 9.17) is 0 Å². The molecule has 0 aliphatic carbocycles. The molecule has 1 nitrogen and oxygen atoms in total. The lowest BCUT2D eigenvalue weighted by Gasteiger charge is -2.08. The van der Waals surface area contributed by atoms with Gasteiger partial charge in [0.15, 0.2) is 0 Å². The Morgan fingerprint density at radius 3 is 1.71 bits per heavy atom. The smallest absolute Gasteiger partial charge is 0.216 e. The summed E-state index contributed by atoms with van der Waals surface area (Å²) >= 11 is 0. The standard InChI is InChI=1S/C29H36FN/c1-3-5-7-9-11-23-13-15-24(16-14-23)25-17-19-26(20-18-25)28-22-21-27(29(30)31-28)12-10-8-6-4-2/h13-22H,3-12H2,1-2H3. The molecule has 0 saturated carbocycles. The SMILES string of the molecule is CCCCCCc1ccc(-c2ccc(-c3ccc(CCCCCC)c(F)n3)cc2)cc1. The fraction of sp³-hybridized carbons (Fsp3) is 0.414. The van der Waals surface area contributed by atoms with E-state index in [1.54, 1.807) is 0 Å². The lowest BCUT2D eigenvalue weighted by molar-refractivity contribution is 0.558. The maximum absolute atomic E-state index is 14.4. The molecule has 0 bridgehead atoms. The monoisotopic (exact) mass is 417 g/mol. The summed E-state index contributed by atoms with van der Waals surface area (Å²) in [4.78, 5) is 4.23. The lowest BCUT2D eigenvalue weighted by atomic mass is 9.99. The topological polar surface area (TPSA) is 12.9 Å². The first-order chi connectivity index (χ1) is 15.2. The van der Waals surface area contributed by atoms with Gasteiger partial charge in [0.05, 0.1) is 5.69 Å². The molecule has 2 heteroatoms. The van der Waals surface area contributed by atoms with Crippen LogP contribution in [0.4, 0.5) is 4.39 Å². The van der Waals surface area contributed by atoms with E-state index in [1.165, 1.54) is 55.2 Å². The average molecular weight is 418 g/mol. The third-order valence-corrected chi connectivity index (χ3v) is 6.01. The van der Waals surface area contributed by atoms with Gasteiger partial charge in [-0.05, 0) is 48.4 Å². The highest BCUT2D eigenvalue weighted by atomic mass is 19.1. The Morgan fingerprint density at radius 1 is 0.581 bits per heavy atom. The summed E-state index contributed by atoms with van der Waals surface area (Å²) in [6, 6.07) is 21.0. The highest BCUT2D eigenvalue weighted by molar-refractivity contribution is 5.69. The van der Waals surface area contributed by atoms with Gasteiger partial charge in [-0.1, -0.05) is 107 Å². The molecule has 0 aliphatic rings. The van der Waals surface area contributed by atoms with Crippen molar-refractivity contribution in [2.24, 2.45) is 0 Å². The largest absolute Gasteiger partial charge is 0.219 e. The summed E-state index contributed by atoms with van der Waals surface area (Å²) in [6.45, 7) is 4.43. The number of hydrogen-bond donors (Lipinski definition) is 0. The van der Waals surface area contributed by atoms with Crippen molar-refractivity contribution < 1.29 is 4.39 Å². The van der Waals surface area contributed by atoms with Crippen molar-refractivity contribution in [1.29, 1.82) is 0 Å². The van der Waals surface area contributed by atoms with E-state index in [-0.39, 0.29) is 5.95 Å². The second-order valence-corrected chi connectivity index (χ2v) is 8.54. The fourth-order valence-corrected chi connectivity index (χ4v) is 4.01. The number of halogens is 1. The van der Waals surface area contributed by atoms with Gasteiger partial charge in [-0.3, -0.25) is 0 Å². The van der Waals surface area contributed by atoms with Crippen LogP contribution in [0, 0.1) is 5.95 Å². The summed E-state index contributed by atoms with van der Waals surface area (Å²) in [5, 5.41) is 0. The van der Waals surface area contributed by atoms with E-state index in [1.807, 2.05) is 24.3 Å². The molecule has 3 rings (SSSR count). The number of benzene rings is 2. The predicted octanol–water partition coefficient (Wildman–Crippen LogP) is 8.80. The Bertz CT molecular complexity index is 912. The van der Waals surface area contributed by atoms with Crippen LogP contribution >= 0.6 is 0 Å². The zero-order valence-corrected chi connectivity index (χ0v) is 19.2. The number of aromatic nitrogens is 1. The zero-order valence-electron chi connectivity index (χ0n) is 19.2. The van der Waals surface area contributed by atoms with Crippen LogP contribution in [0.5, 0.6) is 0 Å². The number of hydrogen-bond acceptors (Lipinski definition) is 1. The minimum atomic E-state index is -0.326. The van der Waals surface area contributed by atoms with Crippen LogP contribution in [0.1, 0.15) is 76.3 Å². The van der Waals surface area contributed by atoms with Gasteiger partial charge in [-0.25, -0.2) is 4.98 Å². The van der Waals surface area contributed by atoms with Crippen molar-refractivity contribution in [3.8, 4) is 22.4 Å². The van der Waals surface area contributed by atoms with Gasteiger partial charge in [-0.15, -0.1) is 0 Å². The zero-order chi connectivity index (χ0) is 21.9. The van der Waals surface area contributed by atoms with Crippen LogP contribution in [-0.2, 0) is 12.8 Å². The molecule has 0 saturated heterocycles. The van der Waals surface area contributed by atoms with Crippen LogP contribution in [0.15, 0.2) is 60.7 Å². The van der Waals surface area contributed by atoms with Crippen LogP contribution in [0.2, 0.25) is 0 Å². The minimum Gasteiger partial charge on any atom is -0.219 e. The molecule has 164 valence electrons. The van der Waals surface area contributed by atoms with Crippen LogP contribution in [0.25, 0.3) is 22.4 Å². The first-order valence-corrected chi connectivity index (χ1v) is 12.1. The third kappa shape index (κ3) is 7.02. The maximum Gasteiger partial charge on any atom is 0.216 e. The average Bonchev–Trinajstić information content (AvgIpc) is 2.81. The Morgan fingerprint density at radius 2 is 1.13 bits per heavy atom. The van der Waals surface area contributed by atoms with Crippen molar-refractivity contribution in [1.82, 2.24) is 4.98 Å². The first kappa shape index (κ1) is 23.2. The second kappa shape index (κ2) is 12.4. The van der Waals surface area contributed by atoms with Crippen LogP contribution < -0.4 is 0 Å². The lowest BCUT2D eigenvalue weighted by Crippen LogP contribution is -1.96. The molecular formula is C29H36FN. The molecule has 0 aliphatic heterocycles. The van der Waals surface area contributed by atoms with Gasteiger partial charge < -0.3 is 0 Å². The van der Waals surface area contributed by atoms with E-state index in [2.05, 4.69) is 55.2 Å². The van der Waals surface area contributed by atoms with E-state index in [9.17, 15) is 4.39 Å². The summed E-state index contributed by atoms with van der Waals surface area (Å²) in [7, 11) is 0. The van der Waals surface area contributed by atoms with Gasteiger partial charge in [0.2, 0.25) is 5.95 Å². The molecule has 0 atom stereocenters. The van der Waals surface area contributed by atoms with E-state index in [0.29, 0.717) is 5.69 Å². The van der Waals surface area contributed by atoms with Crippen molar-refractivity contribution in [3.05, 3.63) is 77.7 Å². The molecule has 3 aromatic rings. The minimum absolute atomic E-state index is 0.326. The number of unbranched alkanes of at least 4 members (excludes halogenated alkanes) is 6. The number of aryl methyl sites for hydroxylation is 2. The molecule has 31 heavy (non-hydrogen) atoms. The van der Waals surface area contributed by atoms with Crippen LogP contribution in [0.3, 0.4) is 0 Å². The summed E-state index contributed by atoms with van der Waals surface area (Å²) < 4.78 is 14.4. The molecule has 0 amide bonds. The molecule has 0 N–H and O–H groups in total. The van der Waals surface area contributed by atoms with Crippen molar-refractivity contribution in [3.63, 3.8) is 0 Å². The molecule has 1 heterocycles. The molecule has 0 spiro atoms. The molecule has 2 aromatic carbocycles. The first-order valence-electron chi connectivity index (χ1n) is 12.1. The predicted molar refractivity (Wildman–Crippen MR) is 131 cm³/mol. The Labute approximate surface area is 187 Å². The molecule has 0 unspecified atom stereocenters. The van der Waals surface area contributed by atoms with E-state index < -0.39 is 0 Å². The van der Waals surface area contributed by atoms with Crippen LogP contribution in [-0.4, -0.2) is 4.98 Å². The van der Waals surface area contributed by atoms with Gasteiger partial charge in [0.25, 0.3) is 0 Å². The Kier molecular flexibility index (Phi) is 9.27. The van der Waals surface area contributed by atoms with Crippen molar-refractivity contribution >= 4 is 0 Å². The quantitative estimate of drug-likeness (QED) is 0.212. The second-order valence-electron chi connectivity index (χ2n) is 8.54. The third-order valence-electron chi connectivity index (χ3n) is 6.01. The normalized spacial score (nSPS) is 11.1. The maximum atomic E-state index is 14.4. The fourth-order valence-electron chi connectivity index (χ4n) is 4.01. The van der Waals surface area contributed by atoms with E-state index >= 15 is 0 Å². The Balaban J connectivity index is 1.61. The highest BCUT2D eigenvalue weighted by Gasteiger charge is 2.08. The van der Waals surface area contributed by atoms with Gasteiger partial charge in [0, 0.05) is 11.1 Å². The summed E-state index contributed by atoms with van der Waals surface area (Å²) in [5.41, 5.74) is 6.17. The molecule has 0 radical (unpaired) electrons. The van der Waals surface area contributed by atoms with Gasteiger partial charge in [0.1, 0.15) is 0 Å². The van der Waals surface area contributed by atoms with Gasteiger partial charge >= 0.3 is 0 Å². The van der Waals surface area contributed by atoms with Crippen molar-refractivity contribution in [2.45, 2.75) is 78.1 Å². The number of pyridine rings is 1. The van der Waals surface area contributed by atoms with Crippen molar-refractivity contribution in [2.75, 3.05) is 0 Å². The Hall–Kier alpha value is -2.48. The molecule has 1 aromatic heterocycles. The van der Waals surface area contributed by atoms with E-state index in [0.717, 1.165) is 36.8 Å².